The normalized spacial score (nSPS) is 17.4. The third-order valence-electron chi connectivity index (χ3n) is 5.90. The number of likely N-dealkylation sites (tertiary alicyclic amines) is 1. The molecule has 1 fully saturated rings. The minimum absolute atomic E-state index is 0.224. The molecule has 3 aromatic heterocycles. The van der Waals surface area contributed by atoms with Crippen LogP contribution in [-0.4, -0.2) is 43.5 Å². The van der Waals surface area contributed by atoms with E-state index < -0.39 is 0 Å². The number of hydrogen-bond donors (Lipinski definition) is 1. The largest absolute Gasteiger partial charge is 0.299 e. The van der Waals surface area contributed by atoms with Gasteiger partial charge >= 0.3 is 0 Å². The Morgan fingerprint density at radius 2 is 2.03 bits per heavy atom. The number of halogens is 1. The summed E-state index contributed by atoms with van der Waals surface area (Å²) in [5.74, 6) is -0.224. The van der Waals surface area contributed by atoms with E-state index in [2.05, 4.69) is 38.3 Å². The highest BCUT2D eigenvalue weighted by Gasteiger charge is 2.25. The Labute approximate surface area is 168 Å². The minimum atomic E-state index is -0.224. The van der Waals surface area contributed by atoms with Crippen LogP contribution in [0.3, 0.4) is 0 Å². The van der Waals surface area contributed by atoms with E-state index in [-0.39, 0.29) is 5.82 Å². The lowest BCUT2D eigenvalue weighted by Crippen LogP contribution is -2.17. The van der Waals surface area contributed by atoms with Crippen molar-refractivity contribution in [3.05, 3.63) is 53.7 Å². The van der Waals surface area contributed by atoms with E-state index in [1.165, 1.54) is 0 Å². The number of benzene rings is 1. The van der Waals surface area contributed by atoms with Gasteiger partial charge in [-0.05, 0) is 56.6 Å². The average molecular weight is 390 g/mol. The molecule has 1 aliphatic heterocycles. The second-order valence-electron chi connectivity index (χ2n) is 7.92. The molecule has 148 valence electrons. The summed E-state index contributed by atoms with van der Waals surface area (Å²) in [6.45, 7) is 3.02. The van der Waals surface area contributed by atoms with Gasteiger partial charge in [-0.15, -0.1) is 0 Å². The molecule has 0 spiro atoms. The van der Waals surface area contributed by atoms with E-state index in [4.69, 9.17) is 0 Å². The van der Waals surface area contributed by atoms with Gasteiger partial charge in [-0.25, -0.2) is 4.39 Å². The molecule has 1 saturated heterocycles. The third kappa shape index (κ3) is 3.02. The average Bonchev–Trinajstić information content (AvgIpc) is 3.40. The zero-order chi connectivity index (χ0) is 20.1. The predicted molar refractivity (Wildman–Crippen MR) is 111 cm³/mol. The van der Waals surface area contributed by atoms with Crippen molar-refractivity contribution in [3.8, 4) is 22.5 Å². The van der Waals surface area contributed by atoms with Crippen LogP contribution in [0.4, 0.5) is 4.39 Å². The molecule has 1 N–H and O–H groups in total. The van der Waals surface area contributed by atoms with Gasteiger partial charge in [0.1, 0.15) is 11.5 Å². The molecule has 1 aliphatic rings. The first-order chi connectivity index (χ1) is 14.0. The molecule has 0 aliphatic carbocycles. The van der Waals surface area contributed by atoms with E-state index in [0.29, 0.717) is 17.3 Å². The SMILES string of the molecule is Cc1cc(C2CCCN2C)cc(F)c1-c1cc2c(-c3cnn(C)c3)n[nH]c2cn1. The molecule has 4 heterocycles. The number of H-pyrrole nitrogens is 1. The zero-order valence-electron chi connectivity index (χ0n) is 16.8. The van der Waals surface area contributed by atoms with Gasteiger partial charge in [0, 0.05) is 35.8 Å². The summed E-state index contributed by atoms with van der Waals surface area (Å²) in [4.78, 5) is 6.81. The maximum Gasteiger partial charge on any atom is 0.133 e. The lowest BCUT2D eigenvalue weighted by molar-refractivity contribution is 0.316. The van der Waals surface area contributed by atoms with Gasteiger partial charge in [0.15, 0.2) is 0 Å². The Bertz CT molecular complexity index is 1180. The summed E-state index contributed by atoms with van der Waals surface area (Å²) < 4.78 is 17.0. The first-order valence-corrected chi connectivity index (χ1v) is 9.85. The number of nitrogens with one attached hydrogen (secondary N) is 1. The van der Waals surface area contributed by atoms with Crippen molar-refractivity contribution >= 4 is 10.9 Å². The summed E-state index contributed by atoms with van der Waals surface area (Å²) in [5, 5.41) is 12.6. The Balaban J connectivity index is 1.60. The van der Waals surface area contributed by atoms with Crippen molar-refractivity contribution in [2.24, 2.45) is 7.05 Å². The molecular formula is C22H23FN6. The van der Waals surface area contributed by atoms with Gasteiger partial charge in [0.2, 0.25) is 0 Å². The van der Waals surface area contributed by atoms with Crippen molar-refractivity contribution in [2.75, 3.05) is 13.6 Å². The van der Waals surface area contributed by atoms with Gasteiger partial charge in [0.05, 0.1) is 23.6 Å². The second-order valence-corrected chi connectivity index (χ2v) is 7.92. The summed E-state index contributed by atoms with van der Waals surface area (Å²) >= 11 is 0. The molecular weight excluding hydrogens is 367 g/mol. The van der Waals surface area contributed by atoms with E-state index in [1.807, 2.05) is 26.2 Å². The molecule has 1 unspecified atom stereocenters. The van der Waals surface area contributed by atoms with Crippen LogP contribution in [-0.2, 0) is 7.05 Å². The first kappa shape index (κ1) is 18.0. The number of rotatable bonds is 3. The fourth-order valence-corrected chi connectivity index (χ4v) is 4.44. The summed E-state index contributed by atoms with van der Waals surface area (Å²) in [6.07, 6.45) is 7.62. The highest BCUT2D eigenvalue weighted by molar-refractivity contribution is 5.94. The van der Waals surface area contributed by atoms with Crippen LogP contribution in [0.15, 0.2) is 36.8 Å². The van der Waals surface area contributed by atoms with Gasteiger partial charge in [0.25, 0.3) is 0 Å². The van der Waals surface area contributed by atoms with Crippen LogP contribution in [0.2, 0.25) is 0 Å². The summed E-state index contributed by atoms with van der Waals surface area (Å²) in [6, 6.07) is 5.99. The fraction of sp³-hybridized carbons (Fsp3) is 0.318. The van der Waals surface area contributed by atoms with Crippen molar-refractivity contribution < 1.29 is 4.39 Å². The lowest BCUT2D eigenvalue weighted by Gasteiger charge is -2.21. The topological polar surface area (TPSA) is 62.6 Å². The van der Waals surface area contributed by atoms with E-state index >= 15 is 4.39 Å². The molecule has 29 heavy (non-hydrogen) atoms. The van der Waals surface area contributed by atoms with Crippen molar-refractivity contribution in [3.63, 3.8) is 0 Å². The third-order valence-corrected chi connectivity index (χ3v) is 5.90. The number of hydrogen-bond acceptors (Lipinski definition) is 4. The van der Waals surface area contributed by atoms with Crippen LogP contribution in [0.1, 0.15) is 30.0 Å². The number of nitrogens with zero attached hydrogens (tertiary/aromatic N) is 5. The summed E-state index contributed by atoms with van der Waals surface area (Å²) in [7, 11) is 3.97. The number of aromatic amines is 1. The number of aromatic nitrogens is 5. The fourth-order valence-electron chi connectivity index (χ4n) is 4.44. The van der Waals surface area contributed by atoms with Crippen molar-refractivity contribution in [2.45, 2.75) is 25.8 Å². The molecule has 4 aromatic rings. The summed E-state index contributed by atoms with van der Waals surface area (Å²) in [5.41, 5.74) is 5.63. The van der Waals surface area contributed by atoms with Crippen LogP contribution >= 0.6 is 0 Å². The molecule has 6 nitrogen and oxygen atoms in total. The van der Waals surface area contributed by atoms with E-state index in [0.717, 1.165) is 52.7 Å². The van der Waals surface area contributed by atoms with E-state index in [9.17, 15) is 0 Å². The lowest BCUT2D eigenvalue weighted by atomic mass is 9.96. The van der Waals surface area contributed by atoms with Gasteiger partial charge < -0.3 is 0 Å². The Morgan fingerprint density at radius 3 is 2.72 bits per heavy atom. The number of pyridine rings is 1. The predicted octanol–water partition coefficient (Wildman–Crippen LogP) is 4.24. The zero-order valence-corrected chi connectivity index (χ0v) is 16.8. The highest BCUT2D eigenvalue weighted by Crippen LogP contribution is 2.36. The monoisotopic (exact) mass is 390 g/mol. The molecule has 0 radical (unpaired) electrons. The first-order valence-electron chi connectivity index (χ1n) is 9.85. The Kier molecular flexibility index (Phi) is 4.20. The van der Waals surface area contributed by atoms with Crippen LogP contribution < -0.4 is 0 Å². The molecule has 5 rings (SSSR count). The number of fused-ring (bicyclic) bond motifs is 1. The molecule has 7 heteroatoms. The Hall–Kier alpha value is -3.06. The van der Waals surface area contributed by atoms with Crippen molar-refractivity contribution in [1.29, 1.82) is 0 Å². The van der Waals surface area contributed by atoms with Crippen molar-refractivity contribution in [1.82, 2.24) is 29.9 Å². The van der Waals surface area contributed by atoms with Gasteiger partial charge in [-0.1, -0.05) is 6.07 Å². The highest BCUT2D eigenvalue weighted by atomic mass is 19.1. The van der Waals surface area contributed by atoms with Crippen LogP contribution in [0, 0.1) is 12.7 Å². The van der Waals surface area contributed by atoms with Crippen LogP contribution in [0.25, 0.3) is 33.4 Å². The molecule has 0 saturated carbocycles. The second kappa shape index (κ2) is 6.77. The smallest absolute Gasteiger partial charge is 0.133 e. The molecule has 1 aromatic carbocycles. The maximum absolute atomic E-state index is 15.2. The molecule has 1 atom stereocenters. The standard InChI is InChI=1S/C22H23FN6/c1-13-7-14(20-5-4-6-28(20)2)8-17(23)21(13)18-9-16-19(11-24-18)26-27-22(16)15-10-25-29(3)12-15/h7-12,20H,4-6H2,1-3H3,(H,26,27). The Morgan fingerprint density at radius 1 is 1.17 bits per heavy atom. The maximum atomic E-state index is 15.2. The molecule has 0 bridgehead atoms. The van der Waals surface area contributed by atoms with E-state index in [1.54, 1.807) is 23.1 Å². The number of aryl methyl sites for hydroxylation is 2. The van der Waals surface area contributed by atoms with Gasteiger partial charge in [-0.2, -0.15) is 10.2 Å². The van der Waals surface area contributed by atoms with Crippen LogP contribution in [0.5, 0.6) is 0 Å². The van der Waals surface area contributed by atoms with Gasteiger partial charge in [-0.3, -0.25) is 19.7 Å². The minimum Gasteiger partial charge on any atom is -0.299 e. The molecule has 0 amide bonds. The quantitative estimate of drug-likeness (QED) is 0.568.